The normalized spacial score (nSPS) is 28.6. The topological polar surface area (TPSA) is 15.3 Å². The maximum atomic E-state index is 3.67. The van der Waals surface area contributed by atoms with E-state index in [2.05, 4.69) is 31.1 Å². The SMILES string of the molecule is CCCN(C)CC1(CC)CCCN1. The van der Waals surface area contributed by atoms with Crippen molar-refractivity contribution >= 4 is 0 Å². The minimum Gasteiger partial charge on any atom is -0.310 e. The van der Waals surface area contributed by atoms with Gasteiger partial charge in [0.25, 0.3) is 0 Å². The molecule has 1 rings (SSSR count). The van der Waals surface area contributed by atoms with E-state index in [1.54, 1.807) is 0 Å². The van der Waals surface area contributed by atoms with Crippen molar-refractivity contribution in [1.82, 2.24) is 10.2 Å². The maximum absolute atomic E-state index is 3.67. The van der Waals surface area contributed by atoms with Gasteiger partial charge in [0, 0.05) is 12.1 Å². The van der Waals surface area contributed by atoms with Crippen molar-refractivity contribution in [3.8, 4) is 0 Å². The van der Waals surface area contributed by atoms with Crippen LogP contribution in [0.3, 0.4) is 0 Å². The molecule has 0 saturated carbocycles. The number of rotatable bonds is 5. The Kier molecular flexibility index (Phi) is 4.20. The molecule has 2 nitrogen and oxygen atoms in total. The summed E-state index contributed by atoms with van der Waals surface area (Å²) < 4.78 is 0. The number of nitrogens with zero attached hydrogens (tertiary/aromatic N) is 1. The second kappa shape index (κ2) is 4.97. The minimum absolute atomic E-state index is 0.434. The molecule has 0 aliphatic carbocycles. The van der Waals surface area contributed by atoms with Crippen LogP contribution in [0.25, 0.3) is 0 Å². The van der Waals surface area contributed by atoms with Crippen LogP contribution in [-0.4, -0.2) is 37.1 Å². The predicted molar refractivity (Wildman–Crippen MR) is 58.0 cm³/mol. The molecule has 1 aliphatic heterocycles. The van der Waals surface area contributed by atoms with Gasteiger partial charge in [-0.05, 0) is 45.8 Å². The fraction of sp³-hybridized carbons (Fsp3) is 1.00. The van der Waals surface area contributed by atoms with Gasteiger partial charge in [-0.15, -0.1) is 0 Å². The first-order chi connectivity index (χ1) is 6.22. The molecule has 2 heteroatoms. The average Bonchev–Trinajstić information content (AvgIpc) is 2.54. The fourth-order valence-corrected chi connectivity index (χ4v) is 2.39. The Morgan fingerprint density at radius 3 is 2.62 bits per heavy atom. The third kappa shape index (κ3) is 2.96. The van der Waals surface area contributed by atoms with Gasteiger partial charge in [0.05, 0.1) is 0 Å². The standard InChI is InChI=1S/C11H24N2/c1-4-9-13(3)10-11(5-2)7-6-8-12-11/h12H,4-10H2,1-3H3. The highest BCUT2D eigenvalue weighted by atomic mass is 15.2. The first-order valence-electron chi connectivity index (χ1n) is 5.66. The lowest BCUT2D eigenvalue weighted by Gasteiger charge is -2.33. The van der Waals surface area contributed by atoms with Crippen LogP contribution in [0.15, 0.2) is 0 Å². The van der Waals surface area contributed by atoms with Crippen molar-refractivity contribution < 1.29 is 0 Å². The monoisotopic (exact) mass is 184 g/mol. The van der Waals surface area contributed by atoms with Crippen molar-refractivity contribution in [1.29, 1.82) is 0 Å². The molecule has 1 heterocycles. The lowest BCUT2D eigenvalue weighted by atomic mass is 9.93. The van der Waals surface area contributed by atoms with Gasteiger partial charge >= 0.3 is 0 Å². The van der Waals surface area contributed by atoms with Crippen LogP contribution in [0.2, 0.25) is 0 Å². The van der Waals surface area contributed by atoms with E-state index < -0.39 is 0 Å². The molecule has 0 amide bonds. The molecule has 78 valence electrons. The second-order valence-electron chi connectivity index (χ2n) is 4.40. The largest absolute Gasteiger partial charge is 0.310 e. The van der Waals surface area contributed by atoms with E-state index in [0.717, 1.165) is 0 Å². The summed E-state index contributed by atoms with van der Waals surface area (Å²) in [6, 6.07) is 0. The molecule has 0 spiro atoms. The van der Waals surface area contributed by atoms with Crippen molar-refractivity contribution in [2.45, 2.75) is 45.1 Å². The predicted octanol–water partition coefficient (Wildman–Crippen LogP) is 1.86. The number of nitrogens with one attached hydrogen (secondary N) is 1. The Labute approximate surface area is 82.7 Å². The van der Waals surface area contributed by atoms with Crippen LogP contribution < -0.4 is 5.32 Å². The van der Waals surface area contributed by atoms with Crippen molar-refractivity contribution in [3.05, 3.63) is 0 Å². The van der Waals surface area contributed by atoms with Crippen LogP contribution in [0.4, 0.5) is 0 Å². The molecule has 1 saturated heterocycles. The summed E-state index contributed by atoms with van der Waals surface area (Å²) in [5, 5.41) is 3.67. The first kappa shape index (κ1) is 11.0. The zero-order chi connectivity index (χ0) is 9.73. The lowest BCUT2D eigenvalue weighted by molar-refractivity contribution is 0.220. The van der Waals surface area contributed by atoms with E-state index >= 15 is 0 Å². The Bertz CT molecular complexity index is 139. The minimum atomic E-state index is 0.434. The molecule has 0 aromatic heterocycles. The van der Waals surface area contributed by atoms with E-state index in [1.807, 2.05) is 0 Å². The highest BCUT2D eigenvalue weighted by Gasteiger charge is 2.32. The smallest absolute Gasteiger partial charge is 0.0306 e. The second-order valence-corrected chi connectivity index (χ2v) is 4.40. The Balaban J connectivity index is 2.38. The molecule has 13 heavy (non-hydrogen) atoms. The quantitative estimate of drug-likeness (QED) is 0.701. The Morgan fingerprint density at radius 2 is 2.15 bits per heavy atom. The average molecular weight is 184 g/mol. The third-order valence-corrected chi connectivity index (χ3v) is 3.19. The summed E-state index contributed by atoms with van der Waals surface area (Å²) in [6.45, 7) is 8.21. The van der Waals surface area contributed by atoms with Crippen LogP contribution >= 0.6 is 0 Å². The fourth-order valence-electron chi connectivity index (χ4n) is 2.39. The molecule has 1 aliphatic rings. The van der Waals surface area contributed by atoms with E-state index in [9.17, 15) is 0 Å². The first-order valence-corrected chi connectivity index (χ1v) is 5.66. The van der Waals surface area contributed by atoms with Crippen molar-refractivity contribution in [2.75, 3.05) is 26.7 Å². The summed E-state index contributed by atoms with van der Waals surface area (Å²) in [5.74, 6) is 0. The van der Waals surface area contributed by atoms with Gasteiger partial charge in [0.15, 0.2) is 0 Å². The molecular weight excluding hydrogens is 160 g/mol. The number of hydrogen-bond acceptors (Lipinski definition) is 2. The number of likely N-dealkylation sites (N-methyl/N-ethyl adjacent to an activating group) is 1. The van der Waals surface area contributed by atoms with E-state index in [1.165, 1.54) is 45.3 Å². The van der Waals surface area contributed by atoms with Gasteiger partial charge in [-0.2, -0.15) is 0 Å². The summed E-state index contributed by atoms with van der Waals surface area (Å²) in [7, 11) is 2.24. The maximum Gasteiger partial charge on any atom is 0.0306 e. The molecule has 0 bridgehead atoms. The van der Waals surface area contributed by atoms with Gasteiger partial charge < -0.3 is 10.2 Å². The molecule has 0 aromatic rings. The van der Waals surface area contributed by atoms with Crippen molar-refractivity contribution in [2.24, 2.45) is 0 Å². The molecule has 1 N–H and O–H groups in total. The summed E-state index contributed by atoms with van der Waals surface area (Å²) in [4.78, 5) is 2.46. The summed E-state index contributed by atoms with van der Waals surface area (Å²) in [6.07, 6.45) is 5.24. The zero-order valence-electron chi connectivity index (χ0n) is 9.40. The van der Waals surface area contributed by atoms with Crippen LogP contribution in [-0.2, 0) is 0 Å². The molecule has 0 radical (unpaired) electrons. The zero-order valence-corrected chi connectivity index (χ0v) is 9.40. The third-order valence-electron chi connectivity index (χ3n) is 3.19. The van der Waals surface area contributed by atoms with Gasteiger partial charge in [-0.1, -0.05) is 13.8 Å². The van der Waals surface area contributed by atoms with Gasteiger partial charge in [0.1, 0.15) is 0 Å². The molecular formula is C11H24N2. The Hall–Kier alpha value is -0.0800. The Morgan fingerprint density at radius 1 is 1.38 bits per heavy atom. The van der Waals surface area contributed by atoms with E-state index in [4.69, 9.17) is 0 Å². The van der Waals surface area contributed by atoms with Crippen LogP contribution in [0.1, 0.15) is 39.5 Å². The summed E-state index contributed by atoms with van der Waals surface area (Å²) >= 11 is 0. The van der Waals surface area contributed by atoms with Crippen LogP contribution in [0, 0.1) is 0 Å². The number of hydrogen-bond donors (Lipinski definition) is 1. The van der Waals surface area contributed by atoms with Crippen molar-refractivity contribution in [3.63, 3.8) is 0 Å². The van der Waals surface area contributed by atoms with Crippen LogP contribution in [0.5, 0.6) is 0 Å². The highest BCUT2D eigenvalue weighted by molar-refractivity contribution is 4.93. The molecule has 1 unspecified atom stereocenters. The van der Waals surface area contributed by atoms with Gasteiger partial charge in [-0.3, -0.25) is 0 Å². The molecule has 1 atom stereocenters. The molecule has 0 aromatic carbocycles. The molecule has 1 fully saturated rings. The highest BCUT2D eigenvalue weighted by Crippen LogP contribution is 2.23. The lowest BCUT2D eigenvalue weighted by Crippen LogP contribution is -2.48. The van der Waals surface area contributed by atoms with Gasteiger partial charge in [0.2, 0.25) is 0 Å². The van der Waals surface area contributed by atoms with E-state index in [0.29, 0.717) is 5.54 Å². The van der Waals surface area contributed by atoms with Gasteiger partial charge in [-0.25, -0.2) is 0 Å². The van der Waals surface area contributed by atoms with E-state index in [-0.39, 0.29) is 0 Å². The summed E-state index contributed by atoms with van der Waals surface area (Å²) in [5.41, 5.74) is 0.434.